The first-order chi connectivity index (χ1) is 10.6. The Morgan fingerprint density at radius 2 is 2.00 bits per heavy atom. The molecule has 1 aliphatic carbocycles. The van der Waals surface area contributed by atoms with Crippen molar-refractivity contribution in [1.82, 2.24) is 10.6 Å². The average Bonchev–Trinajstić information content (AvgIpc) is 3.22. The van der Waals surface area contributed by atoms with Gasteiger partial charge in [0.25, 0.3) is 5.91 Å². The van der Waals surface area contributed by atoms with Crippen LogP contribution >= 0.6 is 0 Å². The molecular weight excluding hydrogens is 278 g/mol. The summed E-state index contributed by atoms with van der Waals surface area (Å²) >= 11 is 0. The Kier molecular flexibility index (Phi) is 3.91. The molecule has 3 N–H and O–H groups in total. The summed E-state index contributed by atoms with van der Waals surface area (Å²) in [7, 11) is 1.61. The molecule has 5 heteroatoms. The zero-order chi connectivity index (χ0) is 15.7. The summed E-state index contributed by atoms with van der Waals surface area (Å²) in [5.74, 6) is 0.0894. The van der Waals surface area contributed by atoms with Crippen LogP contribution in [0.3, 0.4) is 0 Å². The van der Waals surface area contributed by atoms with E-state index in [-0.39, 0.29) is 23.1 Å². The van der Waals surface area contributed by atoms with Crippen molar-refractivity contribution in [2.45, 2.75) is 26.2 Å². The molecule has 118 valence electrons. The van der Waals surface area contributed by atoms with E-state index in [1.54, 1.807) is 19.2 Å². The van der Waals surface area contributed by atoms with Crippen molar-refractivity contribution < 1.29 is 9.59 Å². The van der Waals surface area contributed by atoms with E-state index < -0.39 is 0 Å². The first-order valence-electron chi connectivity index (χ1n) is 7.91. The molecule has 1 aromatic carbocycles. The Morgan fingerprint density at radius 1 is 1.27 bits per heavy atom. The van der Waals surface area contributed by atoms with Crippen LogP contribution in [0.5, 0.6) is 0 Å². The Bertz CT molecular complexity index is 606. The SMILES string of the molecule is CNC(=O)c1cccc(NC(=O)C2CC23CCNCC3)c1C. The van der Waals surface area contributed by atoms with Crippen molar-refractivity contribution in [3.05, 3.63) is 29.3 Å². The monoisotopic (exact) mass is 301 g/mol. The van der Waals surface area contributed by atoms with Gasteiger partial charge in [-0.15, -0.1) is 0 Å². The lowest BCUT2D eigenvalue weighted by Crippen LogP contribution is -2.31. The Hall–Kier alpha value is -1.88. The largest absolute Gasteiger partial charge is 0.355 e. The molecule has 0 bridgehead atoms. The van der Waals surface area contributed by atoms with Crippen LogP contribution in [0.2, 0.25) is 0 Å². The number of carbonyl (C=O) groups excluding carboxylic acids is 2. The highest BCUT2D eigenvalue weighted by molar-refractivity contribution is 6.00. The number of benzene rings is 1. The molecule has 3 rings (SSSR count). The van der Waals surface area contributed by atoms with Gasteiger partial charge in [0, 0.05) is 24.2 Å². The Balaban J connectivity index is 1.71. The van der Waals surface area contributed by atoms with Crippen molar-refractivity contribution in [1.29, 1.82) is 0 Å². The number of hydrogen-bond donors (Lipinski definition) is 3. The van der Waals surface area contributed by atoms with Gasteiger partial charge in [-0.25, -0.2) is 0 Å². The van der Waals surface area contributed by atoms with Gasteiger partial charge in [0.05, 0.1) is 0 Å². The molecule has 0 radical (unpaired) electrons. The van der Waals surface area contributed by atoms with E-state index in [2.05, 4.69) is 16.0 Å². The topological polar surface area (TPSA) is 70.2 Å². The van der Waals surface area contributed by atoms with Gasteiger partial charge in [0.1, 0.15) is 0 Å². The molecule has 1 saturated heterocycles. The lowest BCUT2D eigenvalue weighted by molar-refractivity contribution is -0.118. The normalized spacial score (nSPS) is 22.2. The fraction of sp³-hybridized carbons (Fsp3) is 0.529. The number of nitrogens with one attached hydrogen (secondary N) is 3. The fourth-order valence-electron chi connectivity index (χ4n) is 3.57. The van der Waals surface area contributed by atoms with Crippen LogP contribution in [0.1, 0.15) is 35.2 Å². The van der Waals surface area contributed by atoms with Crippen molar-refractivity contribution in [2.24, 2.45) is 11.3 Å². The highest BCUT2D eigenvalue weighted by Crippen LogP contribution is 2.58. The van der Waals surface area contributed by atoms with E-state index in [0.717, 1.165) is 43.6 Å². The number of carbonyl (C=O) groups is 2. The third-order valence-corrected chi connectivity index (χ3v) is 5.17. The van der Waals surface area contributed by atoms with E-state index in [4.69, 9.17) is 0 Å². The molecule has 2 fully saturated rings. The second kappa shape index (κ2) is 5.72. The average molecular weight is 301 g/mol. The first-order valence-corrected chi connectivity index (χ1v) is 7.91. The number of hydrogen-bond acceptors (Lipinski definition) is 3. The van der Waals surface area contributed by atoms with Crippen LogP contribution in [0.15, 0.2) is 18.2 Å². The van der Waals surface area contributed by atoms with E-state index in [1.807, 2.05) is 13.0 Å². The highest BCUT2D eigenvalue weighted by Gasteiger charge is 2.57. The first kappa shape index (κ1) is 15.0. The molecule has 22 heavy (non-hydrogen) atoms. The van der Waals surface area contributed by atoms with E-state index in [0.29, 0.717) is 5.56 Å². The second-order valence-electron chi connectivity index (χ2n) is 6.42. The fourth-order valence-corrected chi connectivity index (χ4v) is 3.57. The van der Waals surface area contributed by atoms with E-state index in [9.17, 15) is 9.59 Å². The smallest absolute Gasteiger partial charge is 0.251 e. The quantitative estimate of drug-likeness (QED) is 0.795. The van der Waals surface area contributed by atoms with E-state index >= 15 is 0 Å². The van der Waals surface area contributed by atoms with Crippen LogP contribution in [0.25, 0.3) is 0 Å². The summed E-state index contributed by atoms with van der Waals surface area (Å²) < 4.78 is 0. The minimum absolute atomic E-state index is 0.0963. The Morgan fingerprint density at radius 3 is 2.68 bits per heavy atom. The van der Waals surface area contributed by atoms with Gasteiger partial charge in [-0.1, -0.05) is 6.07 Å². The molecule has 0 aromatic heterocycles. The second-order valence-corrected chi connectivity index (χ2v) is 6.42. The predicted molar refractivity (Wildman–Crippen MR) is 85.8 cm³/mol. The lowest BCUT2D eigenvalue weighted by atomic mass is 9.91. The molecule has 2 aliphatic rings. The molecule has 1 heterocycles. The van der Waals surface area contributed by atoms with Gasteiger partial charge < -0.3 is 16.0 Å². The molecule has 1 aliphatic heterocycles. The van der Waals surface area contributed by atoms with Gasteiger partial charge in [0.15, 0.2) is 0 Å². The summed E-state index contributed by atoms with van der Waals surface area (Å²) in [4.78, 5) is 24.3. The van der Waals surface area contributed by atoms with Gasteiger partial charge in [0.2, 0.25) is 5.91 Å². The summed E-state index contributed by atoms with van der Waals surface area (Å²) in [5, 5.41) is 9.00. The summed E-state index contributed by atoms with van der Waals surface area (Å²) in [6.45, 7) is 3.89. The van der Waals surface area contributed by atoms with Gasteiger partial charge in [-0.05, 0) is 62.4 Å². The molecule has 1 aromatic rings. The maximum Gasteiger partial charge on any atom is 0.251 e. The molecule has 1 spiro atoms. The van der Waals surface area contributed by atoms with Crippen LogP contribution < -0.4 is 16.0 Å². The maximum atomic E-state index is 12.5. The van der Waals surface area contributed by atoms with Gasteiger partial charge in [-0.3, -0.25) is 9.59 Å². The van der Waals surface area contributed by atoms with Crippen molar-refractivity contribution in [3.8, 4) is 0 Å². The number of amides is 2. The van der Waals surface area contributed by atoms with Gasteiger partial charge >= 0.3 is 0 Å². The van der Waals surface area contributed by atoms with Crippen LogP contribution in [-0.4, -0.2) is 32.0 Å². The van der Waals surface area contributed by atoms with Crippen LogP contribution in [0.4, 0.5) is 5.69 Å². The number of piperidine rings is 1. The standard InChI is InChI=1S/C17H23N3O2/c1-11-12(15(21)18-2)4-3-5-14(11)20-16(22)13-10-17(13)6-8-19-9-7-17/h3-5,13,19H,6-10H2,1-2H3,(H,18,21)(H,20,22). The van der Waals surface area contributed by atoms with Crippen molar-refractivity contribution in [2.75, 3.05) is 25.5 Å². The predicted octanol–water partition coefficient (Wildman–Crippen LogP) is 1.68. The third-order valence-electron chi connectivity index (χ3n) is 5.17. The Labute approximate surface area is 130 Å². The molecule has 5 nitrogen and oxygen atoms in total. The molecule has 1 saturated carbocycles. The maximum absolute atomic E-state index is 12.5. The molecular formula is C17H23N3O2. The summed E-state index contributed by atoms with van der Waals surface area (Å²) in [6, 6.07) is 5.44. The molecule has 2 amide bonds. The van der Waals surface area contributed by atoms with E-state index in [1.165, 1.54) is 0 Å². The lowest BCUT2D eigenvalue weighted by Gasteiger charge is -2.23. The zero-order valence-electron chi connectivity index (χ0n) is 13.2. The number of anilines is 1. The zero-order valence-corrected chi connectivity index (χ0v) is 13.2. The van der Waals surface area contributed by atoms with Crippen LogP contribution in [-0.2, 0) is 4.79 Å². The summed E-state index contributed by atoms with van der Waals surface area (Å²) in [6.07, 6.45) is 3.17. The minimum atomic E-state index is -0.130. The minimum Gasteiger partial charge on any atom is -0.355 e. The highest BCUT2D eigenvalue weighted by atomic mass is 16.2. The molecule has 1 unspecified atom stereocenters. The summed E-state index contributed by atoms with van der Waals surface area (Å²) in [5.41, 5.74) is 2.38. The van der Waals surface area contributed by atoms with Crippen LogP contribution in [0, 0.1) is 18.3 Å². The third kappa shape index (κ3) is 2.61. The van der Waals surface area contributed by atoms with Crippen molar-refractivity contribution >= 4 is 17.5 Å². The van der Waals surface area contributed by atoms with Gasteiger partial charge in [-0.2, -0.15) is 0 Å². The van der Waals surface area contributed by atoms with Crippen molar-refractivity contribution in [3.63, 3.8) is 0 Å². The number of rotatable bonds is 3. The molecule has 1 atom stereocenters.